The molecule has 2 fully saturated rings. The van der Waals surface area contributed by atoms with Crippen LogP contribution in [-0.4, -0.2) is 94.4 Å². The Morgan fingerprint density at radius 3 is 2.68 bits per heavy atom. The maximum Gasteiger partial charge on any atom is 0.325 e. The van der Waals surface area contributed by atoms with Gasteiger partial charge in [-0.3, -0.25) is 10.1 Å². The number of likely N-dealkylation sites (N-methyl/N-ethyl adjacent to an activating group) is 1. The fourth-order valence-corrected chi connectivity index (χ4v) is 5.67. The SMILES string of the molecule is CC(CSc1nc2ccccc2o1)CN1C(N2CC(C)OC(C)C2)=NC2C1C(=O)NC(=O)N2C. The van der Waals surface area contributed by atoms with Gasteiger partial charge in [0.05, 0.1) is 12.2 Å². The Balaban J connectivity index is 1.33. The normalized spacial score (nSPS) is 28.2. The van der Waals surface area contributed by atoms with Crippen molar-refractivity contribution in [1.29, 1.82) is 0 Å². The van der Waals surface area contributed by atoms with Gasteiger partial charge in [-0.1, -0.05) is 30.8 Å². The summed E-state index contributed by atoms with van der Waals surface area (Å²) in [4.78, 5) is 40.3. The average molecular weight is 487 g/mol. The number of rotatable bonds is 5. The zero-order valence-corrected chi connectivity index (χ0v) is 20.6. The number of amides is 3. The quantitative estimate of drug-likeness (QED) is 0.642. The molecule has 0 saturated carbocycles. The average Bonchev–Trinajstić information content (AvgIpc) is 3.37. The highest BCUT2D eigenvalue weighted by Crippen LogP contribution is 2.30. The zero-order chi connectivity index (χ0) is 24.0. The molecule has 0 spiro atoms. The first-order valence-corrected chi connectivity index (χ1v) is 12.6. The predicted octanol–water partition coefficient (Wildman–Crippen LogP) is 2.21. The van der Waals surface area contributed by atoms with Gasteiger partial charge in [-0.25, -0.2) is 14.8 Å². The van der Waals surface area contributed by atoms with Crippen molar-refractivity contribution in [3.63, 3.8) is 0 Å². The molecule has 1 N–H and O–H groups in total. The summed E-state index contributed by atoms with van der Waals surface area (Å²) in [5.41, 5.74) is 1.62. The van der Waals surface area contributed by atoms with Crippen LogP contribution in [0.4, 0.5) is 4.79 Å². The van der Waals surface area contributed by atoms with Gasteiger partial charge < -0.3 is 23.9 Å². The highest BCUT2D eigenvalue weighted by atomic mass is 32.2. The topological polar surface area (TPSA) is 104 Å². The van der Waals surface area contributed by atoms with Crippen molar-refractivity contribution < 1.29 is 18.7 Å². The number of benzene rings is 1. The molecule has 182 valence electrons. The lowest BCUT2D eigenvalue weighted by Crippen LogP contribution is -2.65. The largest absolute Gasteiger partial charge is 0.431 e. The minimum absolute atomic E-state index is 0.0521. The molecular weight excluding hydrogens is 456 g/mol. The van der Waals surface area contributed by atoms with Gasteiger partial charge in [0.2, 0.25) is 0 Å². The minimum atomic E-state index is -0.553. The van der Waals surface area contributed by atoms with Crippen molar-refractivity contribution >= 4 is 40.8 Å². The van der Waals surface area contributed by atoms with Crippen LogP contribution in [0.5, 0.6) is 0 Å². The summed E-state index contributed by atoms with van der Waals surface area (Å²) >= 11 is 1.56. The van der Waals surface area contributed by atoms with Gasteiger partial charge in [0.15, 0.2) is 23.8 Å². The lowest BCUT2D eigenvalue weighted by molar-refractivity contribution is -0.127. The molecule has 34 heavy (non-hydrogen) atoms. The number of urea groups is 1. The number of aliphatic imine (C=N–C) groups is 1. The minimum Gasteiger partial charge on any atom is -0.431 e. The molecular formula is C23H30N6O4S. The molecule has 3 aliphatic rings. The second-order valence-electron chi connectivity index (χ2n) is 9.37. The first-order chi connectivity index (χ1) is 16.3. The number of imide groups is 1. The van der Waals surface area contributed by atoms with Gasteiger partial charge in [0.1, 0.15) is 5.52 Å². The number of carbonyl (C=O) groups excluding carboxylic acids is 2. The number of morpholine rings is 1. The van der Waals surface area contributed by atoms with Crippen molar-refractivity contribution in [2.45, 2.75) is 50.4 Å². The Hall–Kier alpha value is -2.79. The number of guanidine groups is 1. The Morgan fingerprint density at radius 1 is 1.21 bits per heavy atom. The second kappa shape index (κ2) is 9.10. The van der Waals surface area contributed by atoms with E-state index in [1.807, 2.05) is 38.1 Å². The molecule has 4 heterocycles. The number of ether oxygens (including phenoxy) is 1. The molecule has 11 heteroatoms. The maximum atomic E-state index is 12.9. The fourth-order valence-electron chi connectivity index (χ4n) is 4.83. The van der Waals surface area contributed by atoms with E-state index in [0.29, 0.717) is 24.9 Å². The molecule has 5 unspecified atom stereocenters. The molecule has 2 aromatic rings. The summed E-state index contributed by atoms with van der Waals surface area (Å²) in [6.07, 6.45) is -0.436. The molecule has 5 atom stereocenters. The fraction of sp³-hybridized carbons (Fsp3) is 0.565. The summed E-state index contributed by atoms with van der Waals surface area (Å²) in [6, 6.07) is 6.74. The number of hydrogen-bond donors (Lipinski definition) is 1. The van der Waals surface area contributed by atoms with E-state index >= 15 is 0 Å². The van der Waals surface area contributed by atoms with Gasteiger partial charge in [-0.2, -0.15) is 0 Å². The monoisotopic (exact) mass is 486 g/mol. The van der Waals surface area contributed by atoms with Crippen LogP contribution >= 0.6 is 11.8 Å². The number of carbonyl (C=O) groups is 2. The summed E-state index contributed by atoms with van der Waals surface area (Å²) in [6.45, 7) is 8.20. The Labute approximate surface area is 202 Å². The first-order valence-electron chi connectivity index (χ1n) is 11.6. The number of hydrogen-bond acceptors (Lipinski definition) is 9. The number of thioether (sulfide) groups is 1. The summed E-state index contributed by atoms with van der Waals surface area (Å²) < 4.78 is 11.7. The Bertz CT molecular complexity index is 1080. The van der Waals surface area contributed by atoms with E-state index in [9.17, 15) is 9.59 Å². The van der Waals surface area contributed by atoms with Crippen molar-refractivity contribution in [3.8, 4) is 0 Å². The predicted molar refractivity (Wildman–Crippen MR) is 128 cm³/mol. The molecule has 0 aliphatic carbocycles. The number of oxazole rings is 1. The van der Waals surface area contributed by atoms with E-state index in [1.54, 1.807) is 18.8 Å². The second-order valence-corrected chi connectivity index (χ2v) is 10.3. The van der Waals surface area contributed by atoms with Gasteiger partial charge in [-0.15, -0.1) is 0 Å². The number of para-hydroxylation sites is 2. The Kier molecular flexibility index (Phi) is 6.15. The molecule has 5 rings (SSSR count). The highest BCUT2D eigenvalue weighted by molar-refractivity contribution is 7.99. The zero-order valence-electron chi connectivity index (χ0n) is 19.8. The van der Waals surface area contributed by atoms with Crippen LogP contribution in [0.2, 0.25) is 0 Å². The maximum absolute atomic E-state index is 12.9. The van der Waals surface area contributed by atoms with Gasteiger partial charge >= 0.3 is 6.03 Å². The van der Waals surface area contributed by atoms with Crippen LogP contribution in [0.15, 0.2) is 38.9 Å². The molecule has 0 radical (unpaired) electrons. The molecule has 3 amide bonds. The van der Waals surface area contributed by atoms with E-state index < -0.39 is 18.2 Å². The van der Waals surface area contributed by atoms with Gasteiger partial charge in [0.25, 0.3) is 11.1 Å². The van der Waals surface area contributed by atoms with E-state index in [-0.39, 0.29) is 24.0 Å². The summed E-state index contributed by atoms with van der Waals surface area (Å²) in [5.74, 6) is 1.42. The Morgan fingerprint density at radius 2 is 1.94 bits per heavy atom. The third-order valence-corrected chi connectivity index (χ3v) is 7.47. The van der Waals surface area contributed by atoms with Gasteiger partial charge in [-0.05, 0) is 31.9 Å². The van der Waals surface area contributed by atoms with Crippen LogP contribution in [-0.2, 0) is 9.53 Å². The van der Waals surface area contributed by atoms with Crippen LogP contribution in [0.25, 0.3) is 11.1 Å². The molecule has 2 saturated heterocycles. The third-order valence-electron chi connectivity index (χ3n) is 6.32. The molecule has 10 nitrogen and oxygen atoms in total. The van der Waals surface area contributed by atoms with Crippen LogP contribution in [0, 0.1) is 5.92 Å². The van der Waals surface area contributed by atoms with Crippen molar-refractivity contribution in [1.82, 2.24) is 25.0 Å². The smallest absolute Gasteiger partial charge is 0.325 e. The van der Waals surface area contributed by atoms with Crippen LogP contribution < -0.4 is 5.32 Å². The van der Waals surface area contributed by atoms with Crippen LogP contribution in [0.1, 0.15) is 20.8 Å². The number of fused-ring (bicyclic) bond motifs is 2. The number of aromatic nitrogens is 1. The first kappa shape index (κ1) is 23.0. The standard InChI is InChI=1S/C23H30N6O4S/c1-13(12-34-23-24-16-7-5-6-8-17(16)33-23)9-29-18-19(27(4)22(31)26-20(18)30)25-21(29)28-10-14(2)32-15(3)11-28/h5-8,13-15,18-19H,9-12H2,1-4H3,(H,26,30,31). The molecule has 1 aromatic carbocycles. The molecule has 1 aromatic heterocycles. The van der Waals surface area contributed by atoms with E-state index in [2.05, 4.69) is 27.0 Å². The number of nitrogens with zero attached hydrogens (tertiary/aromatic N) is 5. The van der Waals surface area contributed by atoms with Crippen molar-refractivity contribution in [3.05, 3.63) is 24.3 Å². The third kappa shape index (κ3) is 4.34. The summed E-state index contributed by atoms with van der Waals surface area (Å²) in [7, 11) is 1.68. The molecule has 0 bridgehead atoms. The van der Waals surface area contributed by atoms with Gasteiger partial charge in [0, 0.05) is 32.4 Å². The molecule has 3 aliphatic heterocycles. The van der Waals surface area contributed by atoms with E-state index in [1.165, 1.54) is 4.90 Å². The lowest BCUT2D eigenvalue weighted by atomic mass is 10.1. The van der Waals surface area contributed by atoms with Crippen molar-refractivity contribution in [2.24, 2.45) is 10.9 Å². The van der Waals surface area contributed by atoms with Crippen molar-refractivity contribution in [2.75, 3.05) is 32.4 Å². The lowest BCUT2D eigenvalue weighted by Gasteiger charge is -2.41. The van der Waals surface area contributed by atoms with E-state index in [0.717, 1.165) is 22.8 Å². The van der Waals surface area contributed by atoms with E-state index in [4.69, 9.17) is 14.1 Å². The summed E-state index contributed by atoms with van der Waals surface area (Å²) in [5, 5.41) is 3.11. The highest BCUT2D eigenvalue weighted by Gasteiger charge is 2.50. The number of nitrogens with one attached hydrogen (secondary N) is 1. The van der Waals surface area contributed by atoms with Crippen LogP contribution in [0.3, 0.4) is 0 Å².